The number of aliphatic hydroxyl groups is 1. The van der Waals surface area contributed by atoms with E-state index in [9.17, 15) is 19.5 Å². The van der Waals surface area contributed by atoms with Crippen molar-refractivity contribution in [3.63, 3.8) is 0 Å². The highest BCUT2D eigenvalue weighted by Gasteiger charge is 2.41. The zero-order valence-electron chi connectivity index (χ0n) is 22.3. The van der Waals surface area contributed by atoms with Crippen LogP contribution >= 0.6 is 0 Å². The molecule has 1 aromatic heterocycles. The molecule has 2 aromatic carbocycles. The number of nitrogens with one attached hydrogen (secondary N) is 1. The van der Waals surface area contributed by atoms with Crippen LogP contribution in [0.15, 0.2) is 60.8 Å². The van der Waals surface area contributed by atoms with Gasteiger partial charge in [0.1, 0.15) is 17.3 Å². The highest BCUT2D eigenvalue weighted by atomic mass is 19.1. The molecule has 3 aliphatic heterocycles. The molecule has 3 atom stereocenters. The molecule has 0 bridgehead atoms. The average Bonchev–Trinajstić information content (AvgIpc) is 3.55. The molecule has 3 unspecified atom stereocenters. The fourth-order valence-electron chi connectivity index (χ4n) is 6.37. The number of likely N-dealkylation sites (tertiary alicyclic amines) is 1. The van der Waals surface area contributed by atoms with Crippen molar-refractivity contribution >= 4 is 17.7 Å². The third-order valence-electron chi connectivity index (χ3n) is 8.51. The van der Waals surface area contributed by atoms with Crippen molar-refractivity contribution in [2.45, 2.75) is 63.4 Å². The molecule has 2 N–H and O–H groups in total. The number of halogens is 1. The minimum atomic E-state index is -1.08. The molecular formula is C31H31FN4O4. The lowest BCUT2D eigenvalue weighted by Gasteiger charge is -2.37. The molecule has 6 rings (SSSR count). The zero-order chi connectivity index (χ0) is 28.0. The van der Waals surface area contributed by atoms with Gasteiger partial charge in [-0.2, -0.15) is 0 Å². The Labute approximate surface area is 231 Å². The average molecular weight is 543 g/mol. The van der Waals surface area contributed by atoms with Crippen LogP contribution in [-0.2, 0) is 28.3 Å². The van der Waals surface area contributed by atoms with Crippen LogP contribution in [0.4, 0.5) is 4.39 Å². The Morgan fingerprint density at radius 2 is 1.90 bits per heavy atom. The predicted octanol–water partition coefficient (Wildman–Crippen LogP) is 3.52. The number of nitrogens with zero attached hydrogens (tertiary/aromatic N) is 3. The third kappa shape index (κ3) is 4.59. The molecule has 0 aliphatic carbocycles. The van der Waals surface area contributed by atoms with E-state index in [1.165, 1.54) is 4.90 Å². The molecular weight excluding hydrogens is 511 g/mol. The summed E-state index contributed by atoms with van der Waals surface area (Å²) < 4.78 is 15.9. The van der Waals surface area contributed by atoms with Gasteiger partial charge >= 0.3 is 0 Å². The third-order valence-corrected chi connectivity index (χ3v) is 8.51. The summed E-state index contributed by atoms with van der Waals surface area (Å²) in [7, 11) is 0. The lowest BCUT2D eigenvalue weighted by atomic mass is 9.86. The number of imide groups is 1. The fraction of sp³-hybridized carbons (Fsp3) is 0.355. The molecule has 8 nitrogen and oxygen atoms in total. The maximum absolute atomic E-state index is 15.9. The molecule has 3 aromatic rings. The van der Waals surface area contributed by atoms with Gasteiger partial charge in [0.05, 0.1) is 0 Å². The van der Waals surface area contributed by atoms with Crippen LogP contribution in [0.3, 0.4) is 0 Å². The number of hydrogen-bond acceptors (Lipinski definition) is 6. The standard InChI is InChI=1S/C31H31FN4O4/c1-31(40,22-6-3-2-4-7-22)25-8-5-15-35(25)17-20-13-14-33-28(27(20)32)19-9-10-23-21(16-19)18-36(30(23)39)24-11-12-26(37)34-29(24)38/h2-4,6-7,9-10,13-14,16,24-25,40H,5,8,11-12,15,17-18H2,1H3,(H,34,37,38). The van der Waals surface area contributed by atoms with Crippen molar-refractivity contribution in [1.82, 2.24) is 20.1 Å². The molecule has 3 amide bonds. The SMILES string of the molecule is CC(O)(c1ccccc1)C1CCCN1Cc1ccnc(-c2ccc3c(c2)CN(C2CCC(=O)NC2=O)C3=O)c1F. The number of piperidine rings is 1. The molecule has 40 heavy (non-hydrogen) atoms. The molecule has 9 heteroatoms. The van der Waals surface area contributed by atoms with E-state index in [-0.39, 0.29) is 42.9 Å². The molecule has 0 spiro atoms. The Kier molecular flexibility index (Phi) is 6.72. The number of hydrogen-bond donors (Lipinski definition) is 2. The summed E-state index contributed by atoms with van der Waals surface area (Å²) in [4.78, 5) is 44.9. The first-order valence-electron chi connectivity index (χ1n) is 13.7. The first-order valence-corrected chi connectivity index (χ1v) is 13.7. The van der Waals surface area contributed by atoms with Crippen molar-refractivity contribution < 1.29 is 23.9 Å². The zero-order valence-corrected chi connectivity index (χ0v) is 22.3. The Hall–Kier alpha value is -3.95. The highest BCUT2D eigenvalue weighted by molar-refractivity contribution is 6.05. The number of benzene rings is 2. The predicted molar refractivity (Wildman–Crippen MR) is 145 cm³/mol. The van der Waals surface area contributed by atoms with E-state index in [0.29, 0.717) is 28.8 Å². The van der Waals surface area contributed by atoms with Crippen LogP contribution in [-0.4, -0.2) is 56.2 Å². The summed E-state index contributed by atoms with van der Waals surface area (Å²) in [5, 5.41) is 13.8. The smallest absolute Gasteiger partial charge is 0.255 e. The molecule has 0 radical (unpaired) electrons. The largest absolute Gasteiger partial charge is 0.384 e. The quantitative estimate of drug-likeness (QED) is 0.462. The van der Waals surface area contributed by atoms with Crippen molar-refractivity contribution in [2.24, 2.45) is 0 Å². The summed E-state index contributed by atoms with van der Waals surface area (Å²) in [5.74, 6) is -1.51. The van der Waals surface area contributed by atoms with Gasteiger partial charge in [-0.3, -0.25) is 29.6 Å². The van der Waals surface area contributed by atoms with E-state index in [1.54, 1.807) is 30.5 Å². The minimum absolute atomic E-state index is 0.157. The van der Waals surface area contributed by atoms with Gasteiger partial charge in [0.2, 0.25) is 11.8 Å². The number of carbonyl (C=O) groups excluding carboxylic acids is 3. The van der Waals surface area contributed by atoms with Gasteiger partial charge in [0, 0.05) is 48.4 Å². The van der Waals surface area contributed by atoms with Crippen LogP contribution in [0.25, 0.3) is 11.3 Å². The lowest BCUT2D eigenvalue weighted by Crippen LogP contribution is -2.52. The van der Waals surface area contributed by atoms with E-state index < -0.39 is 23.4 Å². The van der Waals surface area contributed by atoms with Crippen molar-refractivity contribution in [2.75, 3.05) is 6.54 Å². The normalized spacial score (nSPS) is 22.8. The van der Waals surface area contributed by atoms with Crippen LogP contribution in [0.5, 0.6) is 0 Å². The van der Waals surface area contributed by atoms with Crippen LogP contribution in [0, 0.1) is 5.82 Å². The van der Waals surface area contributed by atoms with Gasteiger partial charge in [0.25, 0.3) is 5.91 Å². The summed E-state index contributed by atoms with van der Waals surface area (Å²) in [5.41, 5.74) is 2.14. The molecule has 3 aliphatic rings. The first-order chi connectivity index (χ1) is 19.2. The monoisotopic (exact) mass is 542 g/mol. The van der Waals surface area contributed by atoms with E-state index in [4.69, 9.17) is 0 Å². The summed E-state index contributed by atoms with van der Waals surface area (Å²) in [6.45, 7) is 3.12. The van der Waals surface area contributed by atoms with Crippen molar-refractivity contribution in [3.05, 3.63) is 88.9 Å². The topological polar surface area (TPSA) is 103 Å². The number of aromatic nitrogens is 1. The van der Waals surface area contributed by atoms with Gasteiger partial charge < -0.3 is 10.0 Å². The van der Waals surface area contributed by atoms with Crippen molar-refractivity contribution in [3.8, 4) is 11.3 Å². The second-order valence-corrected chi connectivity index (χ2v) is 11.0. The maximum atomic E-state index is 15.9. The van der Waals surface area contributed by atoms with E-state index in [0.717, 1.165) is 24.9 Å². The van der Waals surface area contributed by atoms with Crippen molar-refractivity contribution in [1.29, 1.82) is 0 Å². The van der Waals surface area contributed by atoms with Gasteiger partial charge in [-0.05, 0) is 62.1 Å². The number of carbonyl (C=O) groups is 3. The van der Waals surface area contributed by atoms with Gasteiger partial charge in [-0.25, -0.2) is 4.39 Å². The number of fused-ring (bicyclic) bond motifs is 1. The lowest BCUT2D eigenvalue weighted by molar-refractivity contribution is -0.136. The van der Waals surface area contributed by atoms with Crippen LogP contribution in [0.1, 0.15) is 59.7 Å². The second-order valence-electron chi connectivity index (χ2n) is 11.0. The van der Waals surface area contributed by atoms with Crippen LogP contribution in [0.2, 0.25) is 0 Å². The van der Waals surface area contributed by atoms with Gasteiger partial charge in [-0.15, -0.1) is 0 Å². The minimum Gasteiger partial charge on any atom is -0.384 e. The Morgan fingerprint density at radius 3 is 2.67 bits per heavy atom. The Balaban J connectivity index is 1.23. The summed E-state index contributed by atoms with van der Waals surface area (Å²) in [6.07, 6.45) is 3.77. The number of rotatable bonds is 6. The maximum Gasteiger partial charge on any atom is 0.255 e. The molecule has 206 valence electrons. The Bertz CT molecular complexity index is 1490. The van der Waals surface area contributed by atoms with E-state index >= 15 is 4.39 Å². The van der Waals surface area contributed by atoms with E-state index in [1.807, 2.05) is 37.3 Å². The molecule has 0 saturated carbocycles. The van der Waals surface area contributed by atoms with Gasteiger partial charge in [0.15, 0.2) is 5.82 Å². The summed E-state index contributed by atoms with van der Waals surface area (Å²) >= 11 is 0. The fourth-order valence-corrected chi connectivity index (χ4v) is 6.37. The highest BCUT2D eigenvalue weighted by Crippen LogP contribution is 2.37. The number of pyridine rings is 1. The molecule has 4 heterocycles. The van der Waals surface area contributed by atoms with Crippen LogP contribution < -0.4 is 5.32 Å². The van der Waals surface area contributed by atoms with E-state index in [2.05, 4.69) is 15.2 Å². The number of amides is 3. The first kappa shape index (κ1) is 26.3. The molecule has 2 saturated heterocycles. The van der Waals surface area contributed by atoms with Gasteiger partial charge in [-0.1, -0.05) is 36.4 Å². The second kappa shape index (κ2) is 10.2. The Morgan fingerprint density at radius 1 is 1.10 bits per heavy atom. The molecule has 2 fully saturated rings. The summed E-state index contributed by atoms with van der Waals surface area (Å²) in [6, 6.07) is 15.5.